The first-order valence-corrected chi connectivity index (χ1v) is 12.7. The van der Waals surface area contributed by atoms with E-state index < -0.39 is 0 Å². The number of ether oxygens (including phenoxy) is 2. The summed E-state index contributed by atoms with van der Waals surface area (Å²) in [6, 6.07) is 14.1. The lowest BCUT2D eigenvalue weighted by Gasteiger charge is -2.34. The molecule has 2 amide bonds. The van der Waals surface area contributed by atoms with E-state index in [0.29, 0.717) is 45.8 Å². The summed E-state index contributed by atoms with van der Waals surface area (Å²) in [4.78, 5) is 29.3. The Bertz CT molecular complexity index is 1110. The van der Waals surface area contributed by atoms with E-state index in [2.05, 4.69) is 36.9 Å². The zero-order valence-electron chi connectivity index (χ0n) is 21.7. The third-order valence-electron chi connectivity index (χ3n) is 6.69. The van der Waals surface area contributed by atoms with Crippen LogP contribution in [-0.4, -0.2) is 78.5 Å². The second-order valence-electron chi connectivity index (χ2n) is 9.29. The minimum Gasteiger partial charge on any atom is -0.494 e. The van der Waals surface area contributed by atoms with Gasteiger partial charge in [0.05, 0.1) is 31.5 Å². The Balaban J connectivity index is 1.51. The molecule has 2 aliphatic rings. The summed E-state index contributed by atoms with van der Waals surface area (Å²) < 4.78 is 10.7. The molecule has 192 valence electrons. The summed E-state index contributed by atoms with van der Waals surface area (Å²) >= 11 is 0. The molecule has 2 aliphatic heterocycles. The first-order valence-electron chi connectivity index (χ1n) is 12.7. The molecule has 0 aliphatic carbocycles. The van der Waals surface area contributed by atoms with Gasteiger partial charge in [0, 0.05) is 38.2 Å². The van der Waals surface area contributed by atoms with Crippen molar-refractivity contribution in [2.24, 2.45) is 5.10 Å². The lowest BCUT2D eigenvalue weighted by Crippen LogP contribution is -2.51. The summed E-state index contributed by atoms with van der Waals surface area (Å²) in [6.45, 7) is 11.5. The number of hydrogen-bond acceptors (Lipinski definition) is 6. The Kier molecular flexibility index (Phi) is 8.25. The van der Waals surface area contributed by atoms with Gasteiger partial charge in [0.25, 0.3) is 5.91 Å². The van der Waals surface area contributed by atoms with Gasteiger partial charge in [-0.3, -0.25) is 9.69 Å². The van der Waals surface area contributed by atoms with Crippen molar-refractivity contribution >= 4 is 17.7 Å². The van der Waals surface area contributed by atoms with Gasteiger partial charge in [-0.2, -0.15) is 5.10 Å². The highest BCUT2D eigenvalue weighted by molar-refractivity contribution is 6.04. The molecule has 0 radical (unpaired) electrons. The maximum absolute atomic E-state index is 13.5. The van der Waals surface area contributed by atoms with E-state index >= 15 is 0 Å². The highest BCUT2D eigenvalue weighted by atomic mass is 16.6. The molecule has 0 N–H and O–H groups in total. The van der Waals surface area contributed by atoms with E-state index in [-0.39, 0.29) is 24.6 Å². The Labute approximate surface area is 213 Å². The molecule has 2 aromatic rings. The lowest BCUT2D eigenvalue weighted by molar-refractivity contribution is -0.134. The van der Waals surface area contributed by atoms with Crippen LogP contribution in [0.4, 0.5) is 4.79 Å². The topological polar surface area (TPSA) is 74.7 Å². The molecule has 0 aromatic heterocycles. The molecule has 0 bridgehead atoms. The van der Waals surface area contributed by atoms with Crippen molar-refractivity contribution in [2.75, 3.05) is 45.9 Å². The van der Waals surface area contributed by atoms with Gasteiger partial charge in [0.2, 0.25) is 0 Å². The van der Waals surface area contributed by atoms with Gasteiger partial charge >= 0.3 is 6.09 Å². The van der Waals surface area contributed by atoms with E-state index in [4.69, 9.17) is 14.6 Å². The van der Waals surface area contributed by atoms with E-state index in [0.717, 1.165) is 28.2 Å². The van der Waals surface area contributed by atoms with Crippen LogP contribution in [0.5, 0.6) is 5.75 Å². The lowest BCUT2D eigenvalue weighted by atomic mass is 9.95. The van der Waals surface area contributed by atoms with Gasteiger partial charge in [-0.15, -0.1) is 0 Å². The Hall–Kier alpha value is -3.39. The highest BCUT2D eigenvalue weighted by Crippen LogP contribution is 2.34. The molecular formula is C28H36N4O4. The van der Waals surface area contributed by atoms with Crippen molar-refractivity contribution in [2.45, 2.75) is 40.2 Å². The maximum Gasteiger partial charge on any atom is 0.409 e. The zero-order valence-corrected chi connectivity index (χ0v) is 21.7. The van der Waals surface area contributed by atoms with Crippen molar-refractivity contribution in [3.63, 3.8) is 0 Å². The minimum absolute atomic E-state index is 0.0433. The second kappa shape index (κ2) is 11.6. The molecular weight excluding hydrogens is 456 g/mol. The number of benzene rings is 2. The van der Waals surface area contributed by atoms with E-state index in [1.165, 1.54) is 5.56 Å². The molecule has 2 aromatic carbocycles. The molecule has 0 saturated carbocycles. The SMILES string of the molecule is CCOC(=O)N1CCN(CC(=O)N2N=C(c3ccc(C)cc3C)C[C@H]2c2ccc(OCC)cc2)CC1. The molecule has 36 heavy (non-hydrogen) atoms. The van der Waals surface area contributed by atoms with Crippen LogP contribution in [0.25, 0.3) is 0 Å². The summed E-state index contributed by atoms with van der Waals surface area (Å²) in [5, 5.41) is 6.51. The molecule has 0 unspecified atom stereocenters. The Morgan fingerprint density at radius 2 is 1.69 bits per heavy atom. The Morgan fingerprint density at radius 3 is 2.33 bits per heavy atom. The van der Waals surface area contributed by atoms with Crippen molar-refractivity contribution in [3.05, 3.63) is 64.7 Å². The van der Waals surface area contributed by atoms with Crippen LogP contribution in [-0.2, 0) is 9.53 Å². The predicted octanol–water partition coefficient (Wildman–Crippen LogP) is 4.15. The van der Waals surface area contributed by atoms with Crippen molar-refractivity contribution < 1.29 is 19.1 Å². The number of amides is 2. The molecule has 1 saturated heterocycles. The van der Waals surface area contributed by atoms with Crippen molar-refractivity contribution in [3.8, 4) is 5.75 Å². The largest absolute Gasteiger partial charge is 0.494 e. The molecule has 1 fully saturated rings. The minimum atomic E-state index is -0.290. The number of rotatable bonds is 7. The third-order valence-corrected chi connectivity index (χ3v) is 6.69. The summed E-state index contributed by atoms with van der Waals surface area (Å²) in [7, 11) is 0. The number of carbonyl (C=O) groups is 2. The number of aryl methyl sites for hydroxylation is 2. The van der Waals surface area contributed by atoms with Crippen LogP contribution in [0.1, 0.15) is 48.6 Å². The fourth-order valence-corrected chi connectivity index (χ4v) is 4.82. The maximum atomic E-state index is 13.5. The average Bonchev–Trinajstić information content (AvgIpc) is 3.30. The van der Waals surface area contributed by atoms with Gasteiger partial charge in [-0.25, -0.2) is 9.80 Å². The predicted molar refractivity (Wildman–Crippen MR) is 139 cm³/mol. The zero-order chi connectivity index (χ0) is 25.7. The van der Waals surface area contributed by atoms with Crippen LogP contribution in [0.2, 0.25) is 0 Å². The molecule has 8 nitrogen and oxygen atoms in total. The first-order chi connectivity index (χ1) is 17.4. The third kappa shape index (κ3) is 5.87. The normalized spacial score (nSPS) is 18.2. The summed E-state index contributed by atoms with van der Waals surface area (Å²) in [5.74, 6) is 0.769. The Morgan fingerprint density at radius 1 is 0.972 bits per heavy atom. The number of hydrogen-bond donors (Lipinski definition) is 0. The van der Waals surface area contributed by atoms with Crippen molar-refractivity contribution in [1.82, 2.24) is 14.8 Å². The molecule has 4 rings (SSSR count). The van der Waals surface area contributed by atoms with Crippen LogP contribution < -0.4 is 4.74 Å². The standard InChI is InChI=1S/C28H36N4O4/c1-5-35-23-10-8-22(9-11-23)26-18-25(24-12-7-20(3)17-21(24)4)29-32(26)27(33)19-30-13-15-31(16-14-30)28(34)36-6-2/h7-12,17,26H,5-6,13-16,18-19H2,1-4H3/t26-/m0/s1. The van der Waals surface area contributed by atoms with Crippen LogP contribution >= 0.6 is 0 Å². The van der Waals surface area contributed by atoms with E-state index in [9.17, 15) is 9.59 Å². The quantitative estimate of drug-likeness (QED) is 0.580. The monoisotopic (exact) mass is 492 g/mol. The first kappa shape index (κ1) is 25.7. The van der Waals surface area contributed by atoms with Gasteiger partial charge in [0.15, 0.2) is 0 Å². The number of piperazine rings is 1. The van der Waals surface area contributed by atoms with Gasteiger partial charge in [-0.05, 0) is 51.0 Å². The van der Waals surface area contributed by atoms with Gasteiger partial charge < -0.3 is 14.4 Å². The van der Waals surface area contributed by atoms with Gasteiger partial charge in [0.1, 0.15) is 5.75 Å². The molecule has 2 heterocycles. The fourth-order valence-electron chi connectivity index (χ4n) is 4.82. The summed E-state index contributed by atoms with van der Waals surface area (Å²) in [5.41, 5.74) is 5.39. The number of nitrogens with zero attached hydrogens (tertiary/aromatic N) is 4. The molecule has 1 atom stereocenters. The van der Waals surface area contributed by atoms with Gasteiger partial charge in [-0.1, -0.05) is 35.9 Å². The van der Waals surface area contributed by atoms with Crippen LogP contribution in [0.15, 0.2) is 47.6 Å². The fraction of sp³-hybridized carbons (Fsp3) is 0.464. The highest BCUT2D eigenvalue weighted by Gasteiger charge is 2.35. The average molecular weight is 493 g/mol. The summed E-state index contributed by atoms with van der Waals surface area (Å²) in [6.07, 6.45) is 0.363. The van der Waals surface area contributed by atoms with Crippen molar-refractivity contribution in [1.29, 1.82) is 0 Å². The second-order valence-corrected chi connectivity index (χ2v) is 9.29. The van der Waals surface area contributed by atoms with Crippen LogP contribution in [0.3, 0.4) is 0 Å². The molecule has 8 heteroatoms. The molecule has 0 spiro atoms. The van der Waals surface area contributed by atoms with E-state index in [1.807, 2.05) is 31.2 Å². The van der Waals surface area contributed by atoms with E-state index in [1.54, 1.807) is 16.8 Å². The number of hydrazone groups is 1. The number of carbonyl (C=O) groups excluding carboxylic acids is 2. The smallest absolute Gasteiger partial charge is 0.409 e. The van der Waals surface area contributed by atoms with Crippen LogP contribution in [0, 0.1) is 13.8 Å².